The van der Waals surface area contributed by atoms with Crippen LogP contribution < -0.4 is 58.6 Å². The maximum atomic E-state index is 14.9. The van der Waals surface area contributed by atoms with Gasteiger partial charge in [-0.2, -0.15) is 0 Å². The molecule has 31 heteroatoms. The summed E-state index contributed by atoms with van der Waals surface area (Å²) in [5.41, 5.74) is 3.14. The van der Waals surface area contributed by atoms with Crippen molar-refractivity contribution < 1.29 is 82.4 Å². The molecule has 1 saturated heterocycles. The third-order valence-electron chi connectivity index (χ3n) is 15.3. The van der Waals surface area contributed by atoms with Crippen molar-refractivity contribution in [3.05, 3.63) is 59.7 Å². The van der Waals surface area contributed by atoms with Crippen molar-refractivity contribution in [3.8, 4) is 0 Å². The van der Waals surface area contributed by atoms with Gasteiger partial charge in [-0.05, 0) is 68.9 Å². The van der Waals surface area contributed by atoms with Crippen LogP contribution in [0.2, 0.25) is 0 Å². The lowest BCUT2D eigenvalue weighted by Crippen LogP contribution is -2.62. The molecule has 12 atom stereocenters. The number of aromatic nitrogens is 1. The van der Waals surface area contributed by atoms with E-state index in [9.17, 15) is 72.9 Å². The molecule has 0 saturated carbocycles. The van der Waals surface area contributed by atoms with Crippen molar-refractivity contribution in [1.29, 1.82) is 0 Å². The smallest absolute Gasteiger partial charge is 0.408 e. The molecule has 0 spiro atoms. The van der Waals surface area contributed by atoms with Crippen molar-refractivity contribution >= 4 is 99.4 Å². The topological polar surface area (TPSA) is 435 Å². The number of carbonyl (C=O) groups excluding carboxylic acids is 12. The number of para-hydroxylation sites is 1. The molecular weight excluding hydrogens is 1190 g/mol. The van der Waals surface area contributed by atoms with Crippen LogP contribution in [-0.2, 0) is 75.3 Å². The van der Waals surface area contributed by atoms with Gasteiger partial charge in [0.2, 0.25) is 65.0 Å². The fraction of sp³-hybridized carbons (Fsp3) is 0.559. The molecule has 0 aliphatic carbocycles. The van der Waals surface area contributed by atoms with Crippen LogP contribution in [0.4, 0.5) is 10.5 Å². The normalized spacial score (nSPS) is 23.5. The quantitative estimate of drug-likeness (QED) is 0.0698. The summed E-state index contributed by atoms with van der Waals surface area (Å²) in [7, 11) is 0. The largest absolute Gasteiger partial charge is 0.444 e. The Morgan fingerprint density at radius 1 is 0.767 bits per heavy atom. The number of ether oxygens (including phenoxy) is 1. The first kappa shape index (κ1) is 70.7. The molecule has 492 valence electrons. The molecule has 3 aliphatic rings. The van der Waals surface area contributed by atoms with Crippen LogP contribution in [0.15, 0.2) is 53.6 Å². The first-order valence-electron chi connectivity index (χ1n) is 29.6. The second-order valence-electron chi connectivity index (χ2n) is 23.9. The van der Waals surface area contributed by atoms with Crippen LogP contribution in [0.25, 0.3) is 10.9 Å². The Balaban J connectivity index is 1.29. The Morgan fingerprint density at radius 2 is 1.43 bits per heavy atom. The number of fused-ring (bicyclic) bond motifs is 5. The molecule has 15 N–H and O–H groups in total. The first-order chi connectivity index (χ1) is 42.5. The summed E-state index contributed by atoms with van der Waals surface area (Å²) in [5, 5.41) is 58.7. The number of aliphatic hydroxyl groups excluding tert-OH is 3. The number of hydroxylamine groups is 1. The number of benzene rings is 2. The van der Waals surface area contributed by atoms with E-state index in [1.165, 1.54) is 26.0 Å². The van der Waals surface area contributed by atoms with Gasteiger partial charge < -0.3 is 83.1 Å². The molecule has 6 rings (SSSR count). The van der Waals surface area contributed by atoms with E-state index >= 15 is 0 Å². The highest BCUT2D eigenvalue weighted by molar-refractivity contribution is 7.99. The number of hydrogen-bond acceptors (Lipinski definition) is 18. The predicted molar refractivity (Wildman–Crippen MR) is 324 cm³/mol. The van der Waals surface area contributed by atoms with E-state index in [4.69, 9.17) is 9.57 Å². The lowest BCUT2D eigenvalue weighted by atomic mass is 9.93. The summed E-state index contributed by atoms with van der Waals surface area (Å²) in [4.78, 5) is 177. The summed E-state index contributed by atoms with van der Waals surface area (Å²) in [5.74, 6) is -12.3. The lowest BCUT2D eigenvalue weighted by Gasteiger charge is -2.33. The minimum atomic E-state index is -1.88. The zero-order valence-electron chi connectivity index (χ0n) is 51.6. The van der Waals surface area contributed by atoms with Gasteiger partial charge in [-0.3, -0.25) is 57.6 Å². The second kappa shape index (κ2) is 31.9. The highest BCUT2D eigenvalue weighted by Gasteiger charge is 2.45. The van der Waals surface area contributed by atoms with Gasteiger partial charge in [-0.1, -0.05) is 71.4 Å². The predicted octanol–water partition coefficient (Wildman–Crippen LogP) is -1.89. The molecule has 4 unspecified atom stereocenters. The van der Waals surface area contributed by atoms with Gasteiger partial charge >= 0.3 is 6.09 Å². The average Bonchev–Trinajstić information content (AvgIpc) is 1.68. The van der Waals surface area contributed by atoms with Crippen molar-refractivity contribution in [3.63, 3.8) is 0 Å². The Morgan fingerprint density at radius 3 is 2.09 bits per heavy atom. The Bertz CT molecular complexity index is 3140. The van der Waals surface area contributed by atoms with Crippen molar-refractivity contribution in [1.82, 2.24) is 63.2 Å². The lowest BCUT2D eigenvalue weighted by molar-refractivity contribution is -0.145. The number of nitrogens with zero attached hydrogens (tertiary/aromatic N) is 1. The average molecular weight is 1280 g/mol. The number of hydrogen-bond donors (Lipinski definition) is 15. The molecule has 2 bridgehead atoms. The summed E-state index contributed by atoms with van der Waals surface area (Å²) >= 11 is 0.987. The molecule has 12 amide bonds. The van der Waals surface area contributed by atoms with Crippen LogP contribution >= 0.6 is 11.8 Å². The van der Waals surface area contributed by atoms with E-state index in [-0.39, 0.29) is 24.7 Å². The van der Waals surface area contributed by atoms with Gasteiger partial charge in [-0.25, -0.2) is 10.3 Å². The minimum Gasteiger partial charge on any atom is -0.444 e. The SMILES string of the molecule is CC[C@H](C)[C@@H]1NC(=O)CNC(=O)C2Cc3c([nH]c4ccccc34)SCC(NC(=O)CNC1=O)C(=O)N[C@@H](CC(=O)NOCc1ccc(NC(=O)[C@H](C)NC(=O)C(NC(=O)OC(C)(C)C)C(C)C)cc1)C(=O)N1C[C@H](O)CC1C(=O)N[C@@H]([C@@H](C)[C@@H](O)CO)C(=O)N2. The van der Waals surface area contributed by atoms with Gasteiger partial charge in [0.1, 0.15) is 53.9 Å². The second-order valence-corrected chi connectivity index (χ2v) is 24.9. The number of alkyl carbamates (subject to hydrolysis) is 1. The first-order valence-corrected chi connectivity index (χ1v) is 30.6. The monoisotopic (exact) mass is 1280 g/mol. The van der Waals surface area contributed by atoms with Crippen LogP contribution in [0.5, 0.6) is 0 Å². The van der Waals surface area contributed by atoms with E-state index in [0.29, 0.717) is 39.2 Å². The maximum Gasteiger partial charge on any atom is 0.408 e. The maximum absolute atomic E-state index is 14.9. The Labute approximate surface area is 523 Å². The zero-order valence-corrected chi connectivity index (χ0v) is 52.4. The Hall–Kier alpha value is -8.39. The number of carbonyl (C=O) groups is 12. The molecule has 1 fully saturated rings. The molecule has 30 nitrogen and oxygen atoms in total. The van der Waals surface area contributed by atoms with Crippen molar-refractivity contribution in [2.75, 3.05) is 37.3 Å². The van der Waals surface area contributed by atoms with Gasteiger partial charge in [0.25, 0.3) is 0 Å². The number of rotatable bonds is 16. The molecule has 3 aromatic rings. The van der Waals surface area contributed by atoms with Gasteiger partial charge in [0, 0.05) is 47.6 Å². The molecular formula is C59H83N13O17S. The van der Waals surface area contributed by atoms with Crippen molar-refractivity contribution in [2.24, 2.45) is 17.8 Å². The number of H-pyrrole nitrogens is 1. The van der Waals surface area contributed by atoms with Gasteiger partial charge in [0.15, 0.2) is 0 Å². The van der Waals surface area contributed by atoms with E-state index in [2.05, 4.69) is 63.6 Å². The summed E-state index contributed by atoms with van der Waals surface area (Å²) in [6, 6.07) is 1.33. The minimum absolute atomic E-state index is 0.287. The molecule has 3 aliphatic heterocycles. The van der Waals surface area contributed by atoms with Crippen LogP contribution in [0.1, 0.15) is 92.7 Å². The fourth-order valence-corrected chi connectivity index (χ4v) is 11.1. The van der Waals surface area contributed by atoms with E-state index in [1.54, 1.807) is 84.9 Å². The molecule has 1 aromatic heterocycles. The molecule has 0 radical (unpaired) electrons. The van der Waals surface area contributed by atoms with Gasteiger partial charge in [-0.15, -0.1) is 11.8 Å². The third-order valence-corrected chi connectivity index (χ3v) is 16.4. The van der Waals surface area contributed by atoms with E-state index in [1.807, 2.05) is 0 Å². The summed E-state index contributed by atoms with van der Waals surface area (Å²) in [6.45, 7) is 11.6. The fourth-order valence-electron chi connectivity index (χ4n) is 10.0. The highest BCUT2D eigenvalue weighted by atomic mass is 32.2. The standard InChI is InChI=1S/C59H83N13O17S/c1-10-29(4)47-53(83)61-22-44(77)64-40-27-90-56-36(35-13-11-12-14-37(35)67-56)20-38(50(80)60-23-45(78)68-47)65-55(85)48(30(5)42(75)25-73)69-52(82)41-19-34(74)24-72(41)57(86)39(66-51(40)81)21-43(76)71-88-26-32-15-17-33(18-16-32)63-49(79)31(6)62-54(84)46(28(2)3)70-58(87)89-59(7,8)9/h11-18,28-31,34,38-42,46-48,67,73-75H,10,19-27H2,1-9H3,(H,60,80)(H,61,83)(H,62,84)(H,63,79)(H,64,77)(H,65,85)(H,66,81)(H,68,78)(H,69,82)(H,70,87)(H,71,76)/t29-,30-,31-,34+,38?,39-,40?,41?,42-,46?,47-,48-/m0/s1. The molecule has 2 aromatic carbocycles. The number of thioether (sulfide) groups is 1. The molecule has 90 heavy (non-hydrogen) atoms. The highest BCUT2D eigenvalue weighted by Crippen LogP contribution is 2.32. The van der Waals surface area contributed by atoms with Crippen molar-refractivity contribution in [2.45, 2.75) is 166 Å². The number of nitrogens with one attached hydrogen (secondary N) is 12. The zero-order chi connectivity index (χ0) is 66.3. The van der Waals surface area contributed by atoms with Crippen LogP contribution in [0.3, 0.4) is 0 Å². The van der Waals surface area contributed by atoms with E-state index < -0.39 is 188 Å². The van der Waals surface area contributed by atoms with E-state index in [0.717, 1.165) is 16.7 Å². The number of amides is 12. The summed E-state index contributed by atoms with van der Waals surface area (Å²) < 4.78 is 5.28. The number of aliphatic hydroxyl groups is 3. The third kappa shape index (κ3) is 19.6. The number of anilines is 1. The van der Waals surface area contributed by atoms with Crippen LogP contribution in [-0.4, -0.2) is 194 Å². The summed E-state index contributed by atoms with van der Waals surface area (Å²) in [6.07, 6.45) is -5.08. The Kier molecular flexibility index (Phi) is 25.0. The van der Waals surface area contributed by atoms with Crippen LogP contribution in [0, 0.1) is 17.8 Å². The number of aromatic amines is 1. The molecule has 4 heterocycles. The van der Waals surface area contributed by atoms with Gasteiger partial charge in [0.05, 0.1) is 50.0 Å².